The van der Waals surface area contributed by atoms with E-state index in [1.807, 2.05) is 12.1 Å². The van der Waals surface area contributed by atoms with Crippen molar-refractivity contribution in [1.29, 1.82) is 0 Å². The number of halogens is 1. The first-order valence-electron chi connectivity index (χ1n) is 9.23. The third-order valence-electron chi connectivity index (χ3n) is 4.47. The zero-order valence-electron chi connectivity index (χ0n) is 15.6. The highest BCUT2D eigenvalue weighted by Gasteiger charge is 2.34. The van der Waals surface area contributed by atoms with E-state index in [-0.39, 0.29) is 49.6 Å². The van der Waals surface area contributed by atoms with Gasteiger partial charge in [-0.2, -0.15) is 0 Å². The molecule has 7 nitrogen and oxygen atoms in total. The lowest BCUT2D eigenvalue weighted by atomic mass is 10.1. The van der Waals surface area contributed by atoms with Gasteiger partial charge in [-0.15, -0.1) is 0 Å². The van der Waals surface area contributed by atoms with Crippen molar-refractivity contribution in [3.05, 3.63) is 64.1 Å². The molecule has 150 valence electrons. The first kappa shape index (κ1) is 20.7. The number of benzene rings is 2. The molecule has 1 heterocycles. The molecule has 2 N–H and O–H groups in total. The molecular weight excluding hydrogens is 438 g/mol. The summed E-state index contributed by atoms with van der Waals surface area (Å²) in [4.78, 5) is 49.5. The first-order chi connectivity index (χ1) is 14.0. The number of hydrogen-bond acceptors (Lipinski definition) is 4. The van der Waals surface area contributed by atoms with Gasteiger partial charge in [0.2, 0.25) is 11.8 Å². The molecular formula is C21H20BrN3O4. The third kappa shape index (κ3) is 5.29. The largest absolute Gasteiger partial charge is 0.356 e. The van der Waals surface area contributed by atoms with Crippen LogP contribution in [0.5, 0.6) is 0 Å². The van der Waals surface area contributed by atoms with Crippen LogP contribution in [-0.4, -0.2) is 41.6 Å². The van der Waals surface area contributed by atoms with Gasteiger partial charge in [0.1, 0.15) is 0 Å². The molecule has 0 unspecified atom stereocenters. The van der Waals surface area contributed by atoms with E-state index >= 15 is 0 Å². The van der Waals surface area contributed by atoms with E-state index in [1.165, 1.54) is 4.90 Å². The lowest BCUT2D eigenvalue weighted by Crippen LogP contribution is -2.32. The molecule has 8 heteroatoms. The third-order valence-corrected chi connectivity index (χ3v) is 4.99. The van der Waals surface area contributed by atoms with Crippen LogP contribution in [0.1, 0.15) is 40.0 Å². The minimum absolute atomic E-state index is 0.153. The minimum atomic E-state index is -0.323. The number of rotatable bonds is 8. The molecule has 0 aromatic heterocycles. The van der Waals surface area contributed by atoms with Gasteiger partial charge in [0, 0.05) is 36.1 Å². The maximum absolute atomic E-state index is 12.3. The summed E-state index contributed by atoms with van der Waals surface area (Å²) in [7, 11) is 0. The average molecular weight is 458 g/mol. The van der Waals surface area contributed by atoms with Crippen molar-refractivity contribution in [3.8, 4) is 0 Å². The summed E-state index contributed by atoms with van der Waals surface area (Å²) in [6.45, 7) is 0.401. The van der Waals surface area contributed by atoms with Gasteiger partial charge < -0.3 is 10.6 Å². The number of hydrogen-bond donors (Lipinski definition) is 2. The number of carbonyl (C=O) groups is 4. The van der Waals surface area contributed by atoms with Crippen molar-refractivity contribution in [2.24, 2.45) is 0 Å². The molecule has 4 amide bonds. The van der Waals surface area contributed by atoms with Crippen LogP contribution in [0.3, 0.4) is 0 Å². The maximum Gasteiger partial charge on any atom is 0.261 e. The fourth-order valence-corrected chi connectivity index (χ4v) is 3.26. The quantitative estimate of drug-likeness (QED) is 0.595. The van der Waals surface area contributed by atoms with E-state index in [1.54, 1.807) is 36.4 Å². The molecule has 2 aromatic carbocycles. The van der Waals surface area contributed by atoms with Gasteiger partial charge in [0.25, 0.3) is 11.8 Å². The highest BCUT2D eigenvalue weighted by atomic mass is 79.9. The molecule has 0 bridgehead atoms. The summed E-state index contributed by atoms with van der Waals surface area (Å²) in [5.41, 5.74) is 1.49. The number of carbonyl (C=O) groups excluding carboxylic acids is 4. The highest BCUT2D eigenvalue weighted by molar-refractivity contribution is 9.10. The Bertz CT molecular complexity index is 908. The van der Waals surface area contributed by atoms with Crippen LogP contribution in [0.2, 0.25) is 0 Å². The van der Waals surface area contributed by atoms with Gasteiger partial charge in [-0.3, -0.25) is 24.1 Å². The number of fused-ring (bicyclic) bond motifs is 1. The van der Waals surface area contributed by atoms with Crippen LogP contribution >= 0.6 is 15.9 Å². The Morgan fingerprint density at radius 2 is 1.48 bits per heavy atom. The van der Waals surface area contributed by atoms with Crippen LogP contribution in [0, 0.1) is 0 Å². The van der Waals surface area contributed by atoms with E-state index in [2.05, 4.69) is 26.6 Å². The molecule has 2 aromatic rings. The highest BCUT2D eigenvalue weighted by Crippen LogP contribution is 2.22. The predicted octanol–water partition coefficient (Wildman–Crippen LogP) is 2.97. The Hall–Kier alpha value is -3.00. The average Bonchev–Trinajstić information content (AvgIpc) is 2.95. The molecule has 0 aliphatic carbocycles. The number of anilines is 1. The van der Waals surface area contributed by atoms with E-state index in [0.717, 1.165) is 4.47 Å². The van der Waals surface area contributed by atoms with Gasteiger partial charge in [-0.25, -0.2) is 0 Å². The molecule has 1 aliphatic heterocycles. The summed E-state index contributed by atoms with van der Waals surface area (Å²) in [6, 6.07) is 13.9. The Kier molecular flexibility index (Phi) is 6.77. The lowest BCUT2D eigenvalue weighted by molar-refractivity contribution is -0.121. The Morgan fingerprint density at radius 3 is 2.10 bits per heavy atom. The second-order valence-electron chi connectivity index (χ2n) is 6.57. The monoisotopic (exact) mass is 457 g/mol. The zero-order chi connectivity index (χ0) is 20.8. The summed E-state index contributed by atoms with van der Waals surface area (Å²) in [5.74, 6) is -1.07. The van der Waals surface area contributed by atoms with Gasteiger partial charge in [0.05, 0.1) is 11.1 Å². The molecule has 0 saturated heterocycles. The topological polar surface area (TPSA) is 95.6 Å². The standard InChI is InChI=1S/C21H20BrN3O4/c22-14-7-9-15(10-8-14)24-19(27)11-12-23-18(26)6-3-13-25-20(28)16-4-1-2-5-17(16)21(25)29/h1-2,4-5,7-10H,3,6,11-13H2,(H,23,26)(H,24,27). The second kappa shape index (κ2) is 9.47. The second-order valence-corrected chi connectivity index (χ2v) is 7.48. The number of amides is 4. The summed E-state index contributed by atoms with van der Waals surface area (Å²) in [6.07, 6.45) is 0.685. The van der Waals surface area contributed by atoms with Gasteiger partial charge in [0.15, 0.2) is 0 Å². The van der Waals surface area contributed by atoms with Crippen molar-refractivity contribution in [2.75, 3.05) is 18.4 Å². The number of nitrogens with one attached hydrogen (secondary N) is 2. The molecule has 0 spiro atoms. The number of nitrogens with zero attached hydrogens (tertiary/aromatic N) is 1. The van der Waals surface area contributed by atoms with E-state index in [9.17, 15) is 19.2 Å². The van der Waals surface area contributed by atoms with E-state index < -0.39 is 0 Å². The Morgan fingerprint density at radius 1 is 0.862 bits per heavy atom. The van der Waals surface area contributed by atoms with Crippen LogP contribution < -0.4 is 10.6 Å². The lowest BCUT2D eigenvalue weighted by Gasteiger charge is -2.13. The van der Waals surface area contributed by atoms with Crippen molar-refractivity contribution in [1.82, 2.24) is 10.2 Å². The summed E-state index contributed by atoms with van der Waals surface area (Å²) >= 11 is 3.33. The molecule has 1 aliphatic rings. The van der Waals surface area contributed by atoms with Crippen LogP contribution in [0.15, 0.2) is 53.0 Å². The van der Waals surface area contributed by atoms with Gasteiger partial charge in [-0.05, 0) is 42.8 Å². The fraction of sp³-hybridized carbons (Fsp3) is 0.238. The Labute approximate surface area is 176 Å². The van der Waals surface area contributed by atoms with Gasteiger partial charge in [-0.1, -0.05) is 28.1 Å². The number of imide groups is 1. The predicted molar refractivity (Wildman–Crippen MR) is 111 cm³/mol. The first-order valence-corrected chi connectivity index (χ1v) is 10.0. The summed E-state index contributed by atoms with van der Waals surface area (Å²) < 4.78 is 0.920. The van der Waals surface area contributed by atoms with Crippen LogP contribution in [0.4, 0.5) is 5.69 Å². The van der Waals surface area contributed by atoms with Crippen molar-refractivity contribution < 1.29 is 19.2 Å². The zero-order valence-corrected chi connectivity index (χ0v) is 17.2. The molecule has 0 fully saturated rings. The molecule has 3 rings (SSSR count). The Balaban J connectivity index is 1.34. The fourth-order valence-electron chi connectivity index (χ4n) is 3.00. The SMILES string of the molecule is O=C(CCCN1C(=O)c2ccccc2C1=O)NCCC(=O)Nc1ccc(Br)cc1. The van der Waals surface area contributed by atoms with E-state index in [4.69, 9.17) is 0 Å². The molecule has 0 atom stereocenters. The maximum atomic E-state index is 12.3. The molecule has 29 heavy (non-hydrogen) atoms. The van der Waals surface area contributed by atoms with Crippen molar-refractivity contribution in [2.45, 2.75) is 19.3 Å². The van der Waals surface area contributed by atoms with E-state index in [0.29, 0.717) is 23.2 Å². The minimum Gasteiger partial charge on any atom is -0.356 e. The summed E-state index contributed by atoms with van der Waals surface area (Å²) in [5, 5.41) is 5.43. The van der Waals surface area contributed by atoms with Crippen LogP contribution in [-0.2, 0) is 9.59 Å². The van der Waals surface area contributed by atoms with Crippen LogP contribution in [0.25, 0.3) is 0 Å². The van der Waals surface area contributed by atoms with Crippen molar-refractivity contribution >= 4 is 45.2 Å². The smallest absolute Gasteiger partial charge is 0.261 e. The molecule has 0 saturated carbocycles. The molecule has 0 radical (unpaired) electrons. The van der Waals surface area contributed by atoms with Gasteiger partial charge >= 0.3 is 0 Å². The normalized spacial score (nSPS) is 12.7. The van der Waals surface area contributed by atoms with Crippen molar-refractivity contribution in [3.63, 3.8) is 0 Å².